The van der Waals surface area contributed by atoms with Crippen LogP contribution in [0.25, 0.3) is 0 Å². The lowest BCUT2D eigenvalue weighted by atomic mass is 10.3. The quantitative estimate of drug-likeness (QED) is 0.678. The average molecular weight is 286 g/mol. The van der Waals surface area contributed by atoms with Gasteiger partial charge in [-0.15, -0.1) is 0 Å². The Morgan fingerprint density at radius 2 is 1.45 bits per heavy atom. The Hall–Kier alpha value is -1.63. The van der Waals surface area contributed by atoms with Gasteiger partial charge in [-0.2, -0.15) is 0 Å². The number of aliphatic hydroxyl groups excluding tert-OH is 1. The molecule has 0 unspecified atom stereocenters. The number of rotatable bonds is 5. The standard InChI is InChI=1S/C17H19O2P/c1-15(12-13-18)14-20(19,16-8-4-2-5-9-16)17-10-6-3-7-11-17/h2-12,18H,13-14H2,1H3. The maximum atomic E-state index is 13.6. The van der Waals surface area contributed by atoms with Crippen molar-refractivity contribution in [2.24, 2.45) is 0 Å². The molecule has 104 valence electrons. The Labute approximate surface area is 120 Å². The molecule has 0 radical (unpaired) electrons. The summed E-state index contributed by atoms with van der Waals surface area (Å²) in [6.45, 7) is 1.89. The molecule has 0 fully saturated rings. The van der Waals surface area contributed by atoms with Gasteiger partial charge in [0.05, 0.1) is 6.61 Å². The first-order valence-corrected chi connectivity index (χ1v) is 8.53. The van der Waals surface area contributed by atoms with Gasteiger partial charge in [0.15, 0.2) is 0 Å². The fourth-order valence-corrected chi connectivity index (χ4v) is 5.04. The van der Waals surface area contributed by atoms with Gasteiger partial charge in [0.2, 0.25) is 0 Å². The third kappa shape index (κ3) is 3.27. The minimum atomic E-state index is -2.69. The van der Waals surface area contributed by atoms with Gasteiger partial charge in [-0.3, -0.25) is 0 Å². The van der Waals surface area contributed by atoms with Crippen LogP contribution >= 0.6 is 7.14 Å². The zero-order valence-electron chi connectivity index (χ0n) is 11.6. The first kappa shape index (κ1) is 14.8. The van der Waals surface area contributed by atoms with Crippen LogP contribution in [0.5, 0.6) is 0 Å². The van der Waals surface area contributed by atoms with Gasteiger partial charge in [-0.05, 0) is 6.92 Å². The van der Waals surface area contributed by atoms with Crippen LogP contribution in [-0.2, 0) is 4.57 Å². The summed E-state index contributed by atoms with van der Waals surface area (Å²) in [5.41, 5.74) is 0.948. The summed E-state index contributed by atoms with van der Waals surface area (Å²) in [6.07, 6.45) is 2.18. The van der Waals surface area contributed by atoms with Crippen LogP contribution < -0.4 is 10.6 Å². The maximum absolute atomic E-state index is 13.6. The van der Waals surface area contributed by atoms with Crippen molar-refractivity contribution < 1.29 is 9.67 Å². The van der Waals surface area contributed by atoms with Crippen LogP contribution in [0.1, 0.15) is 6.92 Å². The summed E-state index contributed by atoms with van der Waals surface area (Å²) >= 11 is 0. The van der Waals surface area contributed by atoms with Crippen molar-refractivity contribution in [2.45, 2.75) is 6.92 Å². The molecule has 0 aliphatic heterocycles. The van der Waals surface area contributed by atoms with Crippen molar-refractivity contribution >= 4 is 17.8 Å². The molecule has 1 N–H and O–H groups in total. The van der Waals surface area contributed by atoms with Gasteiger partial charge in [0.25, 0.3) is 0 Å². The van der Waals surface area contributed by atoms with E-state index in [0.29, 0.717) is 6.16 Å². The second kappa shape index (κ2) is 6.69. The lowest BCUT2D eigenvalue weighted by Crippen LogP contribution is -2.19. The zero-order chi connectivity index (χ0) is 14.4. The lowest BCUT2D eigenvalue weighted by Gasteiger charge is -2.19. The largest absolute Gasteiger partial charge is 0.392 e. The molecule has 3 heteroatoms. The van der Waals surface area contributed by atoms with Crippen LogP contribution in [0.15, 0.2) is 72.3 Å². The van der Waals surface area contributed by atoms with Crippen LogP contribution in [0, 0.1) is 0 Å². The number of benzene rings is 2. The summed E-state index contributed by atoms with van der Waals surface area (Å²) in [5.74, 6) is 0. The van der Waals surface area contributed by atoms with E-state index >= 15 is 0 Å². The van der Waals surface area contributed by atoms with Gasteiger partial charge < -0.3 is 9.67 Å². The highest BCUT2D eigenvalue weighted by atomic mass is 31.2. The Balaban J connectivity index is 2.50. The smallest absolute Gasteiger partial charge is 0.147 e. The molecule has 0 saturated carbocycles. The van der Waals surface area contributed by atoms with E-state index in [1.165, 1.54) is 0 Å². The van der Waals surface area contributed by atoms with E-state index in [2.05, 4.69) is 0 Å². The van der Waals surface area contributed by atoms with E-state index < -0.39 is 7.14 Å². The zero-order valence-corrected chi connectivity index (χ0v) is 12.5. The molecule has 0 atom stereocenters. The van der Waals surface area contributed by atoms with E-state index in [0.717, 1.165) is 16.2 Å². The Kier molecular flexibility index (Phi) is 4.94. The fraction of sp³-hybridized carbons (Fsp3) is 0.176. The normalized spacial score (nSPS) is 12.4. The molecule has 0 aliphatic carbocycles. The first-order valence-electron chi connectivity index (χ1n) is 6.63. The highest BCUT2D eigenvalue weighted by molar-refractivity contribution is 7.78. The lowest BCUT2D eigenvalue weighted by molar-refractivity contribution is 0.342. The first-order chi connectivity index (χ1) is 9.66. The summed E-state index contributed by atoms with van der Waals surface area (Å²) in [7, 11) is -2.69. The molecular weight excluding hydrogens is 267 g/mol. The van der Waals surface area contributed by atoms with Crippen LogP contribution in [0.3, 0.4) is 0 Å². The molecule has 20 heavy (non-hydrogen) atoms. The van der Waals surface area contributed by atoms with Crippen LogP contribution in [0.4, 0.5) is 0 Å². The highest BCUT2D eigenvalue weighted by Crippen LogP contribution is 2.44. The molecule has 0 amide bonds. The molecule has 0 saturated heterocycles. The average Bonchev–Trinajstić information content (AvgIpc) is 2.49. The summed E-state index contributed by atoms with van der Waals surface area (Å²) in [6, 6.07) is 19.2. The van der Waals surface area contributed by atoms with Gasteiger partial charge in [0, 0.05) is 16.8 Å². The predicted molar refractivity (Wildman–Crippen MR) is 85.5 cm³/mol. The van der Waals surface area contributed by atoms with Crippen molar-refractivity contribution in [1.29, 1.82) is 0 Å². The SMILES string of the molecule is CC(=CCO)CP(=O)(c1ccccc1)c1ccccc1. The van der Waals surface area contributed by atoms with Crippen molar-refractivity contribution in [3.8, 4) is 0 Å². The minimum Gasteiger partial charge on any atom is -0.392 e. The van der Waals surface area contributed by atoms with E-state index in [1.807, 2.05) is 67.6 Å². The molecule has 0 heterocycles. The number of allylic oxidation sites excluding steroid dienone is 1. The molecule has 2 nitrogen and oxygen atoms in total. The van der Waals surface area contributed by atoms with Crippen LogP contribution in [0.2, 0.25) is 0 Å². The Bertz CT molecular complexity index is 574. The Morgan fingerprint density at radius 3 is 1.85 bits per heavy atom. The van der Waals surface area contributed by atoms with Gasteiger partial charge in [-0.1, -0.05) is 72.3 Å². The van der Waals surface area contributed by atoms with Gasteiger partial charge >= 0.3 is 0 Å². The van der Waals surface area contributed by atoms with Crippen molar-refractivity contribution in [1.82, 2.24) is 0 Å². The molecule has 2 aromatic rings. The summed E-state index contributed by atoms with van der Waals surface area (Å²) in [5, 5.41) is 10.7. The van der Waals surface area contributed by atoms with E-state index in [4.69, 9.17) is 5.11 Å². The van der Waals surface area contributed by atoms with E-state index in [-0.39, 0.29) is 6.61 Å². The molecule has 0 aliphatic rings. The molecule has 2 aromatic carbocycles. The van der Waals surface area contributed by atoms with Crippen LogP contribution in [-0.4, -0.2) is 17.9 Å². The monoisotopic (exact) mass is 286 g/mol. The van der Waals surface area contributed by atoms with Crippen molar-refractivity contribution in [2.75, 3.05) is 12.8 Å². The second-order valence-corrected chi connectivity index (χ2v) is 7.63. The maximum Gasteiger partial charge on any atom is 0.147 e. The van der Waals surface area contributed by atoms with E-state index in [1.54, 1.807) is 6.08 Å². The topological polar surface area (TPSA) is 37.3 Å². The van der Waals surface area contributed by atoms with Gasteiger partial charge in [0.1, 0.15) is 7.14 Å². The van der Waals surface area contributed by atoms with Gasteiger partial charge in [-0.25, -0.2) is 0 Å². The molecule has 0 bridgehead atoms. The summed E-state index contributed by atoms with van der Waals surface area (Å²) in [4.78, 5) is 0. The van der Waals surface area contributed by atoms with Crippen molar-refractivity contribution in [3.63, 3.8) is 0 Å². The predicted octanol–water partition coefficient (Wildman–Crippen LogP) is 2.94. The molecule has 2 rings (SSSR count). The Morgan fingerprint density at radius 1 is 1.00 bits per heavy atom. The second-order valence-electron chi connectivity index (χ2n) is 4.80. The third-order valence-electron chi connectivity index (χ3n) is 3.26. The van der Waals surface area contributed by atoms with E-state index in [9.17, 15) is 4.57 Å². The molecule has 0 aromatic heterocycles. The number of aliphatic hydroxyl groups is 1. The third-order valence-corrected chi connectivity index (χ3v) is 6.47. The van der Waals surface area contributed by atoms with Crippen molar-refractivity contribution in [3.05, 3.63) is 72.3 Å². The number of hydrogen-bond acceptors (Lipinski definition) is 2. The fourth-order valence-electron chi connectivity index (χ4n) is 2.24. The number of hydrogen-bond donors (Lipinski definition) is 1. The molecular formula is C17H19O2P. The summed E-state index contributed by atoms with van der Waals surface area (Å²) < 4.78 is 13.6. The molecule has 0 spiro atoms. The highest BCUT2D eigenvalue weighted by Gasteiger charge is 2.26. The minimum absolute atomic E-state index is 0.0184.